The van der Waals surface area contributed by atoms with Crippen LogP contribution in [-0.4, -0.2) is 31.9 Å². The smallest absolute Gasteiger partial charge is 0.220 e. The lowest BCUT2D eigenvalue weighted by atomic mass is 10.1. The van der Waals surface area contributed by atoms with Crippen LogP contribution in [0.1, 0.15) is 18.4 Å². The number of halogens is 2. The zero-order valence-corrected chi connectivity index (χ0v) is 13.1. The van der Waals surface area contributed by atoms with Gasteiger partial charge in [-0.2, -0.15) is 0 Å². The van der Waals surface area contributed by atoms with Crippen LogP contribution in [0.15, 0.2) is 18.2 Å². The molecule has 0 saturated carbocycles. The lowest BCUT2D eigenvalue weighted by Gasteiger charge is -2.11. The van der Waals surface area contributed by atoms with Crippen LogP contribution in [0.2, 0.25) is 10.0 Å². The topological polar surface area (TPSA) is 63.2 Å². The number of nitrogens with one attached hydrogen (secondary N) is 1. The van der Waals surface area contributed by atoms with Crippen LogP contribution in [0, 0.1) is 0 Å². The Hall–Kier alpha value is -0.780. The Kier molecular flexibility index (Phi) is 4.94. The third kappa shape index (κ3) is 4.11. The Morgan fingerprint density at radius 1 is 1.35 bits per heavy atom. The number of hydrogen-bond donors (Lipinski definition) is 1. The van der Waals surface area contributed by atoms with Crippen LogP contribution in [0.5, 0.6) is 0 Å². The van der Waals surface area contributed by atoms with Crippen molar-refractivity contribution in [1.29, 1.82) is 0 Å². The summed E-state index contributed by atoms with van der Waals surface area (Å²) in [6.07, 6.45) is 1.23. The molecule has 1 atom stereocenters. The second-order valence-electron chi connectivity index (χ2n) is 4.88. The van der Waals surface area contributed by atoms with E-state index in [2.05, 4.69) is 5.32 Å². The minimum Gasteiger partial charge on any atom is -0.352 e. The number of hydrogen-bond acceptors (Lipinski definition) is 3. The summed E-state index contributed by atoms with van der Waals surface area (Å²) in [4.78, 5) is 11.8. The van der Waals surface area contributed by atoms with Gasteiger partial charge in [-0.3, -0.25) is 4.79 Å². The Bertz CT molecular complexity index is 616. The Balaban J connectivity index is 1.85. The van der Waals surface area contributed by atoms with Crippen molar-refractivity contribution in [2.45, 2.75) is 25.3 Å². The number of amides is 1. The van der Waals surface area contributed by atoms with Gasteiger partial charge in [-0.1, -0.05) is 35.3 Å². The average molecular weight is 336 g/mol. The number of benzene rings is 1. The molecular formula is C13H15Cl2NO3S. The molecule has 20 heavy (non-hydrogen) atoms. The van der Waals surface area contributed by atoms with Crippen LogP contribution in [-0.2, 0) is 21.1 Å². The van der Waals surface area contributed by atoms with Crippen LogP contribution in [0.25, 0.3) is 0 Å². The molecule has 1 fully saturated rings. The summed E-state index contributed by atoms with van der Waals surface area (Å²) < 4.78 is 22.6. The van der Waals surface area contributed by atoms with Gasteiger partial charge < -0.3 is 5.32 Å². The highest BCUT2D eigenvalue weighted by Gasteiger charge is 2.28. The molecule has 1 aromatic carbocycles. The minimum atomic E-state index is -2.97. The zero-order chi connectivity index (χ0) is 14.8. The Morgan fingerprint density at radius 2 is 2.10 bits per heavy atom. The van der Waals surface area contributed by atoms with Crippen molar-refractivity contribution in [3.05, 3.63) is 33.8 Å². The van der Waals surface area contributed by atoms with Crippen LogP contribution < -0.4 is 5.32 Å². The van der Waals surface area contributed by atoms with E-state index < -0.39 is 9.84 Å². The minimum absolute atomic E-state index is 0.0384. The highest BCUT2D eigenvalue weighted by Crippen LogP contribution is 2.26. The van der Waals surface area contributed by atoms with Crippen LogP contribution >= 0.6 is 23.2 Å². The molecule has 1 N–H and O–H groups in total. The fraction of sp³-hybridized carbons (Fsp3) is 0.462. The van der Waals surface area contributed by atoms with Gasteiger partial charge >= 0.3 is 0 Å². The van der Waals surface area contributed by atoms with Gasteiger partial charge in [0.25, 0.3) is 0 Å². The maximum absolute atomic E-state index is 11.8. The number of rotatable bonds is 4. The van der Waals surface area contributed by atoms with E-state index in [0.29, 0.717) is 22.9 Å². The molecule has 1 aromatic rings. The summed E-state index contributed by atoms with van der Waals surface area (Å²) in [6.45, 7) is 0. The molecule has 0 spiro atoms. The van der Waals surface area contributed by atoms with Gasteiger partial charge in [0.2, 0.25) is 5.91 Å². The fourth-order valence-corrected chi connectivity index (χ4v) is 4.29. The first-order chi connectivity index (χ1) is 9.37. The van der Waals surface area contributed by atoms with Crippen molar-refractivity contribution in [1.82, 2.24) is 5.32 Å². The third-order valence-electron chi connectivity index (χ3n) is 3.25. The van der Waals surface area contributed by atoms with E-state index in [4.69, 9.17) is 23.2 Å². The second kappa shape index (κ2) is 6.33. The van der Waals surface area contributed by atoms with E-state index in [0.717, 1.165) is 5.56 Å². The molecule has 1 heterocycles. The third-order valence-corrected chi connectivity index (χ3v) is 5.88. The summed E-state index contributed by atoms with van der Waals surface area (Å²) in [5.41, 5.74) is 0.813. The first kappa shape index (κ1) is 15.6. The lowest BCUT2D eigenvalue weighted by Crippen LogP contribution is -2.35. The van der Waals surface area contributed by atoms with E-state index in [1.807, 2.05) is 6.07 Å². The van der Waals surface area contributed by atoms with E-state index in [1.54, 1.807) is 12.1 Å². The highest BCUT2D eigenvalue weighted by molar-refractivity contribution is 7.91. The average Bonchev–Trinajstić information content (AvgIpc) is 2.70. The predicted octanol–water partition coefficient (Wildman–Crippen LogP) is 2.23. The highest BCUT2D eigenvalue weighted by atomic mass is 35.5. The van der Waals surface area contributed by atoms with E-state index in [9.17, 15) is 13.2 Å². The van der Waals surface area contributed by atoms with E-state index in [1.165, 1.54) is 0 Å². The van der Waals surface area contributed by atoms with Gasteiger partial charge in [-0.15, -0.1) is 0 Å². The number of aryl methyl sites for hydroxylation is 1. The van der Waals surface area contributed by atoms with Gasteiger partial charge in [-0.25, -0.2) is 8.42 Å². The van der Waals surface area contributed by atoms with Crippen LogP contribution in [0.4, 0.5) is 0 Å². The molecular weight excluding hydrogens is 321 g/mol. The predicted molar refractivity (Wildman–Crippen MR) is 80.0 cm³/mol. The molecule has 7 heteroatoms. The molecule has 0 aliphatic carbocycles. The molecule has 1 aliphatic rings. The van der Waals surface area contributed by atoms with Crippen LogP contribution in [0.3, 0.4) is 0 Å². The van der Waals surface area contributed by atoms with Gasteiger partial charge in [0.05, 0.1) is 21.6 Å². The maximum atomic E-state index is 11.8. The first-order valence-electron chi connectivity index (χ1n) is 6.30. The normalized spacial score (nSPS) is 20.8. The lowest BCUT2D eigenvalue weighted by molar-refractivity contribution is -0.121. The molecule has 4 nitrogen and oxygen atoms in total. The van der Waals surface area contributed by atoms with E-state index in [-0.39, 0.29) is 29.9 Å². The Labute approximate surface area is 128 Å². The van der Waals surface area contributed by atoms with Crippen molar-refractivity contribution in [3.63, 3.8) is 0 Å². The summed E-state index contributed by atoms with van der Waals surface area (Å²) in [7, 11) is -2.97. The largest absolute Gasteiger partial charge is 0.352 e. The molecule has 110 valence electrons. The molecule has 1 amide bonds. The summed E-state index contributed by atoms with van der Waals surface area (Å²) >= 11 is 11.9. The van der Waals surface area contributed by atoms with Gasteiger partial charge in [0, 0.05) is 12.5 Å². The second-order valence-corrected chi connectivity index (χ2v) is 7.89. The molecule has 0 bridgehead atoms. The van der Waals surface area contributed by atoms with Gasteiger partial charge in [0.1, 0.15) is 0 Å². The molecule has 1 aliphatic heterocycles. The molecule has 1 saturated heterocycles. The fourth-order valence-electron chi connectivity index (χ4n) is 2.20. The number of carbonyl (C=O) groups excluding carboxylic acids is 1. The van der Waals surface area contributed by atoms with Crippen molar-refractivity contribution < 1.29 is 13.2 Å². The maximum Gasteiger partial charge on any atom is 0.220 e. The monoisotopic (exact) mass is 335 g/mol. The quantitative estimate of drug-likeness (QED) is 0.917. The number of sulfone groups is 1. The van der Waals surface area contributed by atoms with Crippen molar-refractivity contribution in [3.8, 4) is 0 Å². The van der Waals surface area contributed by atoms with Crippen molar-refractivity contribution in [2.24, 2.45) is 0 Å². The molecule has 1 unspecified atom stereocenters. The van der Waals surface area contributed by atoms with Gasteiger partial charge in [-0.05, 0) is 24.5 Å². The SMILES string of the molecule is O=C(CCc1cccc(Cl)c1Cl)NC1CCS(=O)(=O)C1. The summed E-state index contributed by atoms with van der Waals surface area (Å²) in [5.74, 6) is 0.0255. The standard InChI is InChI=1S/C13H15Cl2NO3S/c14-11-3-1-2-9(13(11)15)4-5-12(17)16-10-6-7-20(18,19)8-10/h1-3,10H,4-8H2,(H,16,17). The van der Waals surface area contributed by atoms with E-state index >= 15 is 0 Å². The molecule has 0 aromatic heterocycles. The molecule has 2 rings (SSSR count). The summed E-state index contributed by atoms with van der Waals surface area (Å²) in [6, 6.07) is 5.03. The zero-order valence-electron chi connectivity index (χ0n) is 10.7. The van der Waals surface area contributed by atoms with Crippen molar-refractivity contribution in [2.75, 3.05) is 11.5 Å². The first-order valence-corrected chi connectivity index (χ1v) is 8.88. The van der Waals surface area contributed by atoms with Gasteiger partial charge in [0.15, 0.2) is 9.84 Å². The molecule has 0 radical (unpaired) electrons. The summed E-state index contributed by atoms with van der Waals surface area (Å²) in [5, 5.41) is 3.67. The van der Waals surface area contributed by atoms with Crippen molar-refractivity contribution >= 4 is 38.9 Å². The Morgan fingerprint density at radius 3 is 2.75 bits per heavy atom. The number of carbonyl (C=O) groups is 1.